The van der Waals surface area contributed by atoms with Crippen LogP contribution in [0.15, 0.2) is 0 Å². The third-order valence-corrected chi connectivity index (χ3v) is 9.51. The summed E-state index contributed by atoms with van der Waals surface area (Å²) in [6.45, 7) is 7.34. The minimum Gasteiger partial charge on any atom is -0.309 e. The Hall–Kier alpha value is 0.0700. The molecule has 0 aromatic carbocycles. The van der Waals surface area contributed by atoms with Crippen molar-refractivity contribution in [2.45, 2.75) is 181 Å². The molecule has 0 amide bonds. The summed E-state index contributed by atoms with van der Waals surface area (Å²) in [5.74, 6) is 0. The second-order valence-electron chi connectivity index (χ2n) is 12.4. The van der Waals surface area contributed by atoms with Crippen LogP contribution < -0.4 is 5.09 Å². The van der Waals surface area contributed by atoms with Gasteiger partial charge < -0.3 is 4.90 Å². The average molecular weight is 589 g/mol. The van der Waals surface area contributed by atoms with Crippen LogP contribution in [0.1, 0.15) is 181 Å². The first-order valence-electron chi connectivity index (χ1n) is 17.8. The minimum absolute atomic E-state index is 0.526. The van der Waals surface area contributed by atoms with Gasteiger partial charge in [-0.15, -0.1) is 0 Å². The Balaban J connectivity index is 3.95. The highest BCUT2D eigenvalue weighted by Gasteiger charge is 2.23. The fourth-order valence-corrected chi connectivity index (χ4v) is 6.58. The van der Waals surface area contributed by atoms with Gasteiger partial charge in [0.2, 0.25) is 0 Å². The second-order valence-corrected chi connectivity index (χ2v) is 14.2. The summed E-state index contributed by atoms with van der Waals surface area (Å²) in [4.78, 5) is 2.19. The molecule has 0 aliphatic heterocycles. The fourth-order valence-electron chi connectivity index (χ4n) is 5.15. The van der Waals surface area contributed by atoms with Gasteiger partial charge in [0.05, 0.1) is 13.2 Å². The van der Waals surface area contributed by atoms with Crippen LogP contribution in [0.4, 0.5) is 0 Å². The van der Waals surface area contributed by atoms with Gasteiger partial charge in [-0.05, 0) is 46.3 Å². The van der Waals surface area contributed by atoms with Crippen molar-refractivity contribution in [2.75, 3.05) is 40.4 Å². The maximum atomic E-state index is 13.3. The monoisotopic (exact) mass is 589 g/mol. The van der Waals surface area contributed by atoms with Gasteiger partial charge in [0.25, 0.3) is 0 Å². The maximum Gasteiger partial charge on any atom is 0.405 e. The summed E-state index contributed by atoms with van der Waals surface area (Å²) in [5.41, 5.74) is 0. The van der Waals surface area contributed by atoms with Gasteiger partial charge in [0.15, 0.2) is 0 Å². The average Bonchev–Trinajstić information content (AvgIpc) is 2.93. The molecule has 0 heterocycles. The highest BCUT2D eigenvalue weighted by atomic mass is 31.2. The molecular weight excluding hydrogens is 515 g/mol. The Bertz CT molecular complexity index is 499. The first-order chi connectivity index (χ1) is 19.5. The summed E-state index contributed by atoms with van der Waals surface area (Å²) in [6.07, 6.45) is 33.6. The molecular formula is C34H73N2O3P. The predicted molar refractivity (Wildman–Crippen MR) is 177 cm³/mol. The lowest BCUT2D eigenvalue weighted by molar-refractivity contribution is 0.189. The van der Waals surface area contributed by atoms with E-state index in [0.717, 1.165) is 45.1 Å². The molecule has 0 radical (unpaired) electrons. The molecule has 0 rings (SSSR count). The van der Waals surface area contributed by atoms with Crippen LogP contribution in [-0.4, -0.2) is 45.3 Å². The molecule has 0 bridgehead atoms. The van der Waals surface area contributed by atoms with Gasteiger partial charge in [-0.3, -0.25) is 9.05 Å². The van der Waals surface area contributed by atoms with Gasteiger partial charge >= 0.3 is 7.75 Å². The standard InChI is InChI=1S/C34H73N2O3P/c1-5-7-9-11-13-15-17-19-21-23-25-29-33-38-40(37,35-31-27-28-32-36(3)4)39-34-30-26-24-22-20-18-16-14-12-10-8-6-2/h5-34H2,1-4H3,(H,35,37). The van der Waals surface area contributed by atoms with Crippen molar-refractivity contribution in [1.29, 1.82) is 0 Å². The molecule has 40 heavy (non-hydrogen) atoms. The Morgan fingerprint density at radius 2 is 0.800 bits per heavy atom. The Labute approximate surface area is 252 Å². The number of hydrogen-bond donors (Lipinski definition) is 1. The largest absolute Gasteiger partial charge is 0.405 e. The van der Waals surface area contributed by atoms with E-state index in [2.05, 4.69) is 37.9 Å². The van der Waals surface area contributed by atoms with E-state index in [0.29, 0.717) is 19.8 Å². The first kappa shape index (κ1) is 40.1. The van der Waals surface area contributed by atoms with Gasteiger partial charge in [-0.25, -0.2) is 9.65 Å². The summed E-state index contributed by atoms with van der Waals surface area (Å²) in [7, 11) is 0.971. The Morgan fingerprint density at radius 1 is 0.475 bits per heavy atom. The van der Waals surface area contributed by atoms with Gasteiger partial charge in [-0.1, -0.05) is 155 Å². The molecule has 0 fully saturated rings. The summed E-state index contributed by atoms with van der Waals surface area (Å²) in [5, 5.41) is 3.15. The molecule has 242 valence electrons. The van der Waals surface area contributed by atoms with Crippen LogP contribution in [0.3, 0.4) is 0 Å². The Morgan fingerprint density at radius 3 is 1.12 bits per heavy atom. The quantitative estimate of drug-likeness (QED) is 0.0598. The van der Waals surface area contributed by atoms with Gasteiger partial charge in [0.1, 0.15) is 0 Å². The topological polar surface area (TPSA) is 50.8 Å². The van der Waals surface area contributed by atoms with E-state index in [4.69, 9.17) is 9.05 Å². The maximum absolute atomic E-state index is 13.3. The molecule has 0 unspecified atom stereocenters. The lowest BCUT2D eigenvalue weighted by Crippen LogP contribution is -2.19. The lowest BCUT2D eigenvalue weighted by atomic mass is 10.1. The van der Waals surface area contributed by atoms with Crippen LogP contribution in [-0.2, 0) is 13.6 Å². The number of rotatable bonds is 34. The van der Waals surface area contributed by atoms with Crippen LogP contribution in [0.2, 0.25) is 0 Å². The molecule has 1 N–H and O–H groups in total. The van der Waals surface area contributed by atoms with Gasteiger partial charge in [-0.2, -0.15) is 0 Å². The summed E-state index contributed by atoms with van der Waals surface area (Å²) >= 11 is 0. The van der Waals surface area contributed by atoms with Crippen molar-refractivity contribution in [3.8, 4) is 0 Å². The highest BCUT2D eigenvalue weighted by Crippen LogP contribution is 2.44. The van der Waals surface area contributed by atoms with Crippen LogP contribution >= 0.6 is 7.75 Å². The number of nitrogens with one attached hydrogen (secondary N) is 1. The van der Waals surface area contributed by atoms with Gasteiger partial charge in [0, 0.05) is 6.54 Å². The fraction of sp³-hybridized carbons (Fsp3) is 1.00. The van der Waals surface area contributed by atoms with E-state index in [1.54, 1.807) is 0 Å². The molecule has 0 aromatic heterocycles. The van der Waals surface area contributed by atoms with Crippen LogP contribution in [0, 0.1) is 0 Å². The van der Waals surface area contributed by atoms with E-state index < -0.39 is 7.75 Å². The van der Waals surface area contributed by atoms with Crippen molar-refractivity contribution in [2.24, 2.45) is 0 Å². The number of nitrogens with zero attached hydrogens (tertiary/aromatic N) is 1. The van der Waals surface area contributed by atoms with E-state index in [9.17, 15) is 4.57 Å². The minimum atomic E-state index is -3.21. The van der Waals surface area contributed by atoms with Crippen molar-refractivity contribution < 1.29 is 13.6 Å². The zero-order chi connectivity index (χ0) is 29.4. The zero-order valence-electron chi connectivity index (χ0n) is 27.8. The molecule has 0 spiro atoms. The van der Waals surface area contributed by atoms with E-state index in [1.807, 2.05) is 0 Å². The molecule has 0 atom stereocenters. The van der Waals surface area contributed by atoms with E-state index >= 15 is 0 Å². The highest BCUT2D eigenvalue weighted by molar-refractivity contribution is 7.51. The Kier molecular flexibility index (Phi) is 32.0. The third kappa shape index (κ3) is 31.0. The van der Waals surface area contributed by atoms with Crippen LogP contribution in [0.25, 0.3) is 0 Å². The third-order valence-electron chi connectivity index (χ3n) is 7.86. The number of hydrogen-bond acceptors (Lipinski definition) is 4. The molecule has 6 heteroatoms. The molecule has 0 saturated carbocycles. The molecule has 5 nitrogen and oxygen atoms in total. The predicted octanol–water partition coefficient (Wildman–Crippen LogP) is 11.5. The molecule has 0 saturated heterocycles. The SMILES string of the molecule is CCCCCCCCCCCCCCOP(=O)(NCCCCN(C)C)OCCCCCCCCCCCCCC. The van der Waals surface area contributed by atoms with Crippen molar-refractivity contribution in [1.82, 2.24) is 9.99 Å². The molecule has 0 aliphatic rings. The first-order valence-corrected chi connectivity index (χ1v) is 19.4. The van der Waals surface area contributed by atoms with Crippen molar-refractivity contribution in [3.05, 3.63) is 0 Å². The van der Waals surface area contributed by atoms with E-state index in [1.165, 1.54) is 128 Å². The lowest BCUT2D eigenvalue weighted by Gasteiger charge is -2.20. The van der Waals surface area contributed by atoms with Crippen LogP contribution in [0.5, 0.6) is 0 Å². The zero-order valence-corrected chi connectivity index (χ0v) is 28.7. The smallest absolute Gasteiger partial charge is 0.309 e. The normalized spacial score (nSPS) is 12.1. The molecule has 0 aromatic rings. The van der Waals surface area contributed by atoms with Crippen molar-refractivity contribution >= 4 is 7.75 Å². The number of unbranched alkanes of at least 4 members (excludes halogenated alkanes) is 23. The summed E-state index contributed by atoms with van der Waals surface area (Å²) < 4.78 is 25.1. The summed E-state index contributed by atoms with van der Waals surface area (Å²) in [6, 6.07) is 0. The molecule has 0 aliphatic carbocycles. The van der Waals surface area contributed by atoms with Crippen molar-refractivity contribution in [3.63, 3.8) is 0 Å². The van der Waals surface area contributed by atoms with E-state index in [-0.39, 0.29) is 0 Å². The second kappa shape index (κ2) is 32.0.